The zero-order chi connectivity index (χ0) is 22.4. The van der Waals surface area contributed by atoms with Gasteiger partial charge in [-0.2, -0.15) is 0 Å². The fourth-order valence-corrected chi connectivity index (χ4v) is 4.41. The number of carbonyl (C=O) groups excluding carboxylic acids is 2. The predicted molar refractivity (Wildman–Crippen MR) is 108 cm³/mol. The molecule has 1 aromatic heterocycles. The molecule has 1 fully saturated rings. The van der Waals surface area contributed by atoms with Gasteiger partial charge in [-0.3, -0.25) is 14.4 Å². The second-order valence-electron chi connectivity index (χ2n) is 8.30. The number of hydrogen-bond donors (Lipinski definition) is 2. The van der Waals surface area contributed by atoms with Crippen LogP contribution in [0.5, 0.6) is 5.75 Å². The monoisotopic (exact) mass is 431 g/mol. The largest absolute Gasteiger partial charge is 0.503 e. The van der Waals surface area contributed by atoms with E-state index in [-0.39, 0.29) is 28.8 Å². The van der Waals surface area contributed by atoms with E-state index in [1.165, 1.54) is 10.8 Å². The minimum atomic E-state index is -0.991. The lowest BCUT2D eigenvalue weighted by Gasteiger charge is -2.36. The first-order valence-corrected chi connectivity index (χ1v) is 10.2. The average molecular weight is 431 g/mol. The van der Waals surface area contributed by atoms with Crippen molar-refractivity contribution in [2.24, 2.45) is 5.92 Å². The summed E-state index contributed by atoms with van der Waals surface area (Å²) in [6.45, 7) is 4.07. The molecule has 2 aliphatic heterocycles. The third kappa shape index (κ3) is 3.58. The first kappa shape index (κ1) is 21.0. The quantitative estimate of drug-likeness (QED) is 0.781. The molecule has 2 unspecified atom stereocenters. The van der Waals surface area contributed by atoms with Gasteiger partial charge in [-0.05, 0) is 43.4 Å². The van der Waals surface area contributed by atoms with Crippen molar-refractivity contribution in [1.29, 1.82) is 0 Å². The molecule has 7 nitrogen and oxygen atoms in total. The molecule has 9 heteroatoms. The summed E-state index contributed by atoms with van der Waals surface area (Å²) in [6.07, 6.45) is 2.94. The smallest absolute Gasteiger partial charge is 0.274 e. The van der Waals surface area contributed by atoms with Gasteiger partial charge in [0.25, 0.3) is 11.8 Å². The van der Waals surface area contributed by atoms with E-state index in [1.54, 1.807) is 11.8 Å². The maximum atomic E-state index is 14.1. The van der Waals surface area contributed by atoms with E-state index in [1.807, 2.05) is 6.92 Å². The molecule has 0 saturated carbocycles. The Labute approximate surface area is 177 Å². The zero-order valence-electron chi connectivity index (χ0n) is 17.2. The molecular formula is C22H23F2N3O4. The third-order valence-corrected chi connectivity index (χ3v) is 6.16. The molecule has 0 radical (unpaired) electrons. The number of benzene rings is 1. The lowest BCUT2D eigenvalue weighted by molar-refractivity contribution is 0.0662. The van der Waals surface area contributed by atoms with Gasteiger partial charge in [-0.1, -0.05) is 6.92 Å². The number of rotatable bonds is 3. The second-order valence-corrected chi connectivity index (χ2v) is 8.30. The SMILES string of the molecule is Cc1cc(F)c(CNC(=O)c2cn3c(c(O)c2=O)C(=O)N2CCCC(C)C3C2)c(F)c1. The summed E-state index contributed by atoms with van der Waals surface area (Å²) in [4.78, 5) is 39.7. The van der Waals surface area contributed by atoms with Gasteiger partial charge in [-0.25, -0.2) is 8.78 Å². The number of amides is 2. The standard InChI is InChI=1S/C22H23F2N3O4/c1-11-6-15(23)13(16(24)7-11)8-25-21(30)14-9-27-17-10-26(5-3-4-12(17)2)22(31)18(27)20(29)19(14)28/h6-7,9,12,17,29H,3-5,8,10H2,1-2H3,(H,25,30). The fraction of sp³-hybridized carbons (Fsp3) is 0.409. The van der Waals surface area contributed by atoms with E-state index in [0.717, 1.165) is 25.0 Å². The average Bonchev–Trinajstić information content (AvgIpc) is 2.87. The topological polar surface area (TPSA) is 91.6 Å². The Hall–Kier alpha value is -3.23. The minimum Gasteiger partial charge on any atom is -0.503 e. The highest BCUT2D eigenvalue weighted by Gasteiger charge is 2.38. The molecule has 0 aliphatic carbocycles. The Morgan fingerprint density at radius 2 is 1.94 bits per heavy atom. The number of nitrogens with zero attached hydrogens (tertiary/aromatic N) is 2. The van der Waals surface area contributed by atoms with E-state index in [9.17, 15) is 28.3 Å². The normalized spacial score (nSPS) is 20.3. The molecule has 31 heavy (non-hydrogen) atoms. The molecule has 2 atom stereocenters. The summed E-state index contributed by atoms with van der Waals surface area (Å²) >= 11 is 0. The summed E-state index contributed by atoms with van der Waals surface area (Å²) in [6, 6.07) is 2.10. The van der Waals surface area contributed by atoms with Crippen LogP contribution in [-0.4, -0.2) is 39.5 Å². The summed E-state index contributed by atoms with van der Waals surface area (Å²) < 4.78 is 29.6. The van der Waals surface area contributed by atoms with Crippen LogP contribution in [0.4, 0.5) is 8.78 Å². The van der Waals surface area contributed by atoms with Gasteiger partial charge < -0.3 is 19.9 Å². The summed E-state index contributed by atoms with van der Waals surface area (Å²) in [5.41, 5.74) is -1.42. The highest BCUT2D eigenvalue weighted by molar-refractivity contribution is 5.99. The van der Waals surface area contributed by atoms with Crippen LogP contribution >= 0.6 is 0 Å². The van der Waals surface area contributed by atoms with Crippen LogP contribution in [0, 0.1) is 24.5 Å². The number of carbonyl (C=O) groups is 2. The van der Waals surface area contributed by atoms with E-state index in [2.05, 4.69) is 5.32 Å². The van der Waals surface area contributed by atoms with Gasteiger partial charge in [0, 0.05) is 31.4 Å². The van der Waals surface area contributed by atoms with Crippen molar-refractivity contribution in [2.75, 3.05) is 13.1 Å². The van der Waals surface area contributed by atoms with E-state index < -0.39 is 41.2 Å². The number of fused-ring (bicyclic) bond motifs is 4. The number of nitrogens with one attached hydrogen (secondary N) is 1. The molecule has 164 valence electrons. The molecule has 1 aromatic carbocycles. The Morgan fingerprint density at radius 1 is 1.26 bits per heavy atom. The van der Waals surface area contributed by atoms with Crippen molar-refractivity contribution in [3.63, 3.8) is 0 Å². The van der Waals surface area contributed by atoms with Gasteiger partial charge in [0.1, 0.15) is 17.2 Å². The number of halogens is 2. The van der Waals surface area contributed by atoms with Gasteiger partial charge in [0.2, 0.25) is 5.43 Å². The van der Waals surface area contributed by atoms with Gasteiger partial charge in [0.15, 0.2) is 11.4 Å². The molecule has 2 N–H and O–H groups in total. The Balaban J connectivity index is 1.69. The summed E-state index contributed by atoms with van der Waals surface area (Å²) in [7, 11) is 0. The second kappa shape index (κ2) is 7.79. The number of hydrogen-bond acceptors (Lipinski definition) is 4. The van der Waals surface area contributed by atoms with Crippen LogP contribution < -0.4 is 10.7 Å². The van der Waals surface area contributed by atoms with Gasteiger partial charge in [-0.15, -0.1) is 0 Å². The van der Waals surface area contributed by atoms with Crippen molar-refractivity contribution in [1.82, 2.24) is 14.8 Å². The highest BCUT2D eigenvalue weighted by Crippen LogP contribution is 2.35. The Bertz CT molecular complexity index is 1120. The van der Waals surface area contributed by atoms with Crippen LogP contribution in [-0.2, 0) is 6.54 Å². The predicted octanol–water partition coefficient (Wildman–Crippen LogP) is 2.50. The summed E-state index contributed by atoms with van der Waals surface area (Å²) in [5, 5.41) is 12.8. The Morgan fingerprint density at radius 3 is 2.61 bits per heavy atom. The molecular weight excluding hydrogens is 408 g/mol. The Kier molecular flexibility index (Phi) is 5.28. The molecule has 3 heterocycles. The molecule has 2 bridgehead atoms. The van der Waals surface area contributed by atoms with Crippen molar-refractivity contribution >= 4 is 11.8 Å². The van der Waals surface area contributed by atoms with Crippen molar-refractivity contribution in [3.8, 4) is 5.75 Å². The van der Waals surface area contributed by atoms with Crippen LogP contribution in [0.15, 0.2) is 23.1 Å². The molecule has 2 aliphatic rings. The van der Waals surface area contributed by atoms with Crippen LogP contribution in [0.3, 0.4) is 0 Å². The zero-order valence-corrected chi connectivity index (χ0v) is 17.2. The van der Waals surface area contributed by atoms with E-state index >= 15 is 0 Å². The first-order valence-electron chi connectivity index (χ1n) is 10.2. The molecule has 1 saturated heterocycles. The third-order valence-electron chi connectivity index (χ3n) is 6.16. The lowest BCUT2D eigenvalue weighted by Crippen LogP contribution is -2.45. The lowest BCUT2D eigenvalue weighted by atomic mass is 9.95. The highest BCUT2D eigenvalue weighted by atomic mass is 19.1. The van der Waals surface area contributed by atoms with Crippen LogP contribution in [0.25, 0.3) is 0 Å². The molecule has 4 rings (SSSR count). The first-order chi connectivity index (χ1) is 14.7. The molecule has 2 amide bonds. The van der Waals surface area contributed by atoms with Crippen molar-refractivity contribution in [3.05, 3.63) is 62.6 Å². The van der Waals surface area contributed by atoms with E-state index in [4.69, 9.17) is 0 Å². The van der Waals surface area contributed by atoms with Gasteiger partial charge >= 0.3 is 0 Å². The maximum Gasteiger partial charge on any atom is 0.274 e. The number of aromatic hydroxyl groups is 1. The van der Waals surface area contributed by atoms with Crippen LogP contribution in [0.1, 0.15) is 57.8 Å². The molecule has 2 aromatic rings. The minimum absolute atomic E-state index is 0.123. The fourth-order valence-electron chi connectivity index (χ4n) is 4.41. The van der Waals surface area contributed by atoms with E-state index in [0.29, 0.717) is 18.7 Å². The van der Waals surface area contributed by atoms with Crippen molar-refractivity contribution < 1.29 is 23.5 Å². The molecule has 0 spiro atoms. The van der Waals surface area contributed by atoms with Crippen molar-refractivity contribution in [2.45, 2.75) is 39.3 Å². The van der Waals surface area contributed by atoms with Crippen LogP contribution in [0.2, 0.25) is 0 Å². The number of aryl methyl sites for hydroxylation is 1. The maximum absolute atomic E-state index is 14.1. The summed E-state index contributed by atoms with van der Waals surface area (Å²) in [5.74, 6) is -3.57. The number of pyridine rings is 1. The number of aromatic nitrogens is 1. The van der Waals surface area contributed by atoms with Gasteiger partial charge in [0.05, 0.1) is 6.04 Å².